The molecule has 0 aromatic heterocycles. The third-order valence-corrected chi connectivity index (χ3v) is 2.70. The molecule has 1 N–H and O–H groups in total. The van der Waals surface area contributed by atoms with Crippen LogP contribution in [0.4, 0.5) is 10.1 Å². The second-order valence-corrected chi connectivity index (χ2v) is 4.25. The van der Waals surface area contributed by atoms with Gasteiger partial charge in [0.15, 0.2) is 0 Å². The lowest BCUT2D eigenvalue weighted by Crippen LogP contribution is -2.14. The molecule has 0 atom stereocenters. The minimum absolute atomic E-state index is 0.00693. The van der Waals surface area contributed by atoms with Crippen LogP contribution in [0.25, 0.3) is 0 Å². The number of benzene rings is 2. The van der Waals surface area contributed by atoms with Gasteiger partial charge < -0.3 is 5.32 Å². The highest BCUT2D eigenvalue weighted by Crippen LogP contribution is 2.19. The molecular formula is C14H11ClFNO. The van der Waals surface area contributed by atoms with Crippen molar-refractivity contribution in [3.05, 3.63) is 64.9 Å². The quantitative estimate of drug-likeness (QED) is 0.900. The van der Waals surface area contributed by atoms with E-state index in [2.05, 4.69) is 5.32 Å². The summed E-state index contributed by atoms with van der Waals surface area (Å²) < 4.78 is 12.9. The van der Waals surface area contributed by atoms with E-state index in [1.165, 1.54) is 18.2 Å². The Morgan fingerprint density at radius 1 is 1.17 bits per heavy atom. The third kappa shape index (κ3) is 3.31. The van der Waals surface area contributed by atoms with Crippen LogP contribution < -0.4 is 5.32 Å². The molecule has 0 aliphatic carbocycles. The minimum Gasteiger partial charge on any atom is -0.326 e. The molecule has 0 aliphatic rings. The van der Waals surface area contributed by atoms with Crippen molar-refractivity contribution in [1.82, 2.24) is 0 Å². The lowest BCUT2D eigenvalue weighted by atomic mass is 10.1. The number of hydrogen-bond acceptors (Lipinski definition) is 1. The summed E-state index contributed by atoms with van der Waals surface area (Å²) in [6, 6.07) is 13.5. The Labute approximate surface area is 109 Å². The van der Waals surface area contributed by atoms with Crippen molar-refractivity contribution in [1.29, 1.82) is 0 Å². The zero-order chi connectivity index (χ0) is 13.0. The predicted octanol–water partition coefficient (Wildman–Crippen LogP) is 3.66. The van der Waals surface area contributed by atoms with Gasteiger partial charge in [0, 0.05) is 5.69 Å². The van der Waals surface area contributed by atoms with Crippen LogP contribution in [-0.4, -0.2) is 5.91 Å². The fourth-order valence-electron chi connectivity index (χ4n) is 1.56. The van der Waals surface area contributed by atoms with Gasteiger partial charge in [0.2, 0.25) is 5.91 Å². The fourth-order valence-corrected chi connectivity index (χ4v) is 1.74. The molecule has 0 radical (unpaired) electrons. The molecule has 2 aromatic rings. The molecule has 2 nitrogen and oxygen atoms in total. The van der Waals surface area contributed by atoms with E-state index in [0.717, 1.165) is 5.56 Å². The van der Waals surface area contributed by atoms with Crippen LogP contribution in [0, 0.1) is 5.82 Å². The van der Waals surface area contributed by atoms with E-state index in [-0.39, 0.29) is 17.4 Å². The maximum Gasteiger partial charge on any atom is 0.228 e. The van der Waals surface area contributed by atoms with Crippen LogP contribution in [0.5, 0.6) is 0 Å². The Hall–Kier alpha value is -1.87. The average molecular weight is 264 g/mol. The van der Waals surface area contributed by atoms with Gasteiger partial charge in [-0.1, -0.05) is 41.9 Å². The van der Waals surface area contributed by atoms with Gasteiger partial charge in [0.25, 0.3) is 0 Å². The van der Waals surface area contributed by atoms with Crippen LogP contribution in [-0.2, 0) is 11.2 Å². The largest absolute Gasteiger partial charge is 0.326 e. The minimum atomic E-state index is -0.502. The maximum atomic E-state index is 12.9. The van der Waals surface area contributed by atoms with Crippen molar-refractivity contribution in [2.75, 3.05) is 5.32 Å². The van der Waals surface area contributed by atoms with E-state index in [9.17, 15) is 9.18 Å². The predicted molar refractivity (Wildman–Crippen MR) is 70.2 cm³/mol. The topological polar surface area (TPSA) is 29.1 Å². The molecule has 0 saturated heterocycles. The van der Waals surface area contributed by atoms with E-state index < -0.39 is 5.82 Å². The molecule has 1 amide bonds. The van der Waals surface area contributed by atoms with E-state index in [1.54, 1.807) is 0 Å². The lowest BCUT2D eigenvalue weighted by molar-refractivity contribution is -0.115. The number of rotatable bonds is 3. The standard InChI is InChI=1S/C14H11ClFNO/c15-12-9-11(6-7-13(12)16)17-14(18)8-10-4-2-1-3-5-10/h1-7,9H,8H2,(H,17,18). The maximum absolute atomic E-state index is 12.9. The van der Waals surface area contributed by atoms with Crippen molar-refractivity contribution in [2.45, 2.75) is 6.42 Å². The molecule has 18 heavy (non-hydrogen) atoms. The number of halogens is 2. The molecule has 2 rings (SSSR count). The SMILES string of the molecule is O=C(Cc1ccccc1)Nc1ccc(F)c(Cl)c1. The Morgan fingerprint density at radius 3 is 2.56 bits per heavy atom. The molecule has 92 valence electrons. The first-order chi connectivity index (χ1) is 8.65. The van der Waals surface area contributed by atoms with Crippen LogP contribution >= 0.6 is 11.6 Å². The van der Waals surface area contributed by atoms with E-state index in [1.807, 2.05) is 30.3 Å². The second-order valence-electron chi connectivity index (χ2n) is 3.84. The van der Waals surface area contributed by atoms with Gasteiger partial charge in [-0.05, 0) is 23.8 Å². The molecule has 0 heterocycles. The van der Waals surface area contributed by atoms with Crippen molar-refractivity contribution >= 4 is 23.2 Å². The molecule has 0 unspecified atom stereocenters. The van der Waals surface area contributed by atoms with Gasteiger partial charge in [-0.3, -0.25) is 4.79 Å². The number of carbonyl (C=O) groups is 1. The fraction of sp³-hybridized carbons (Fsp3) is 0.0714. The van der Waals surface area contributed by atoms with Crippen molar-refractivity contribution < 1.29 is 9.18 Å². The molecule has 0 fully saturated rings. The highest BCUT2D eigenvalue weighted by Gasteiger charge is 2.06. The van der Waals surface area contributed by atoms with E-state index in [4.69, 9.17) is 11.6 Å². The summed E-state index contributed by atoms with van der Waals surface area (Å²) in [5.41, 5.74) is 1.41. The molecule has 0 spiro atoms. The second kappa shape index (κ2) is 5.65. The first kappa shape index (κ1) is 12.6. The van der Waals surface area contributed by atoms with E-state index in [0.29, 0.717) is 5.69 Å². The Morgan fingerprint density at radius 2 is 1.89 bits per heavy atom. The van der Waals surface area contributed by atoms with Crippen LogP contribution in [0.15, 0.2) is 48.5 Å². The Balaban J connectivity index is 2.01. The third-order valence-electron chi connectivity index (χ3n) is 2.41. The van der Waals surface area contributed by atoms with Crippen LogP contribution in [0.3, 0.4) is 0 Å². The van der Waals surface area contributed by atoms with Gasteiger partial charge in [-0.25, -0.2) is 4.39 Å². The zero-order valence-corrected chi connectivity index (χ0v) is 10.2. The smallest absolute Gasteiger partial charge is 0.228 e. The van der Waals surface area contributed by atoms with Crippen LogP contribution in [0.2, 0.25) is 5.02 Å². The van der Waals surface area contributed by atoms with Crippen LogP contribution in [0.1, 0.15) is 5.56 Å². The molecule has 0 saturated carbocycles. The summed E-state index contributed by atoms with van der Waals surface area (Å²) in [6.45, 7) is 0. The summed E-state index contributed by atoms with van der Waals surface area (Å²) in [5, 5.41) is 2.66. The Bertz CT molecular complexity index is 557. The normalized spacial score (nSPS) is 10.1. The number of carbonyl (C=O) groups excluding carboxylic acids is 1. The number of hydrogen-bond donors (Lipinski definition) is 1. The first-order valence-electron chi connectivity index (χ1n) is 5.44. The molecular weight excluding hydrogens is 253 g/mol. The van der Waals surface area contributed by atoms with Crippen molar-refractivity contribution in [3.63, 3.8) is 0 Å². The highest BCUT2D eigenvalue weighted by molar-refractivity contribution is 6.31. The summed E-state index contributed by atoms with van der Waals surface area (Å²) in [6.07, 6.45) is 0.274. The molecule has 2 aromatic carbocycles. The summed E-state index contributed by atoms with van der Waals surface area (Å²) in [7, 11) is 0. The summed E-state index contributed by atoms with van der Waals surface area (Å²) in [5.74, 6) is -0.665. The van der Waals surface area contributed by atoms with Gasteiger partial charge in [-0.15, -0.1) is 0 Å². The zero-order valence-electron chi connectivity index (χ0n) is 9.49. The molecule has 0 aliphatic heterocycles. The Kier molecular flexibility index (Phi) is 3.95. The summed E-state index contributed by atoms with van der Waals surface area (Å²) in [4.78, 5) is 11.7. The number of anilines is 1. The number of amides is 1. The first-order valence-corrected chi connectivity index (χ1v) is 5.82. The van der Waals surface area contributed by atoms with Gasteiger partial charge in [0.05, 0.1) is 11.4 Å². The van der Waals surface area contributed by atoms with Crippen molar-refractivity contribution in [2.24, 2.45) is 0 Å². The molecule has 0 bridgehead atoms. The van der Waals surface area contributed by atoms with E-state index >= 15 is 0 Å². The highest BCUT2D eigenvalue weighted by atomic mass is 35.5. The summed E-state index contributed by atoms with van der Waals surface area (Å²) >= 11 is 5.63. The van der Waals surface area contributed by atoms with Gasteiger partial charge >= 0.3 is 0 Å². The molecule has 4 heteroatoms. The lowest BCUT2D eigenvalue weighted by Gasteiger charge is -2.06. The monoisotopic (exact) mass is 263 g/mol. The average Bonchev–Trinajstić information content (AvgIpc) is 2.35. The number of nitrogens with one attached hydrogen (secondary N) is 1. The van der Waals surface area contributed by atoms with Crippen molar-refractivity contribution in [3.8, 4) is 0 Å². The van der Waals surface area contributed by atoms with Gasteiger partial charge in [-0.2, -0.15) is 0 Å². The van der Waals surface area contributed by atoms with Gasteiger partial charge in [0.1, 0.15) is 5.82 Å².